The average molecular weight is 240 g/mol. The van der Waals surface area contributed by atoms with Crippen LogP contribution in [0.5, 0.6) is 0 Å². The van der Waals surface area contributed by atoms with Crippen LogP contribution in [0, 0.1) is 13.8 Å². The van der Waals surface area contributed by atoms with Crippen LogP contribution in [-0.4, -0.2) is 4.98 Å². The van der Waals surface area contributed by atoms with Gasteiger partial charge in [-0.25, -0.2) is 0 Å². The number of pyridine rings is 1. The summed E-state index contributed by atoms with van der Waals surface area (Å²) in [6.07, 6.45) is 1.94. The van der Waals surface area contributed by atoms with Gasteiger partial charge in [-0.2, -0.15) is 0 Å². The Kier molecular flexibility index (Phi) is 4.11. The van der Waals surface area contributed by atoms with Gasteiger partial charge in [-0.15, -0.1) is 0 Å². The maximum atomic E-state index is 4.30. The summed E-state index contributed by atoms with van der Waals surface area (Å²) in [5.41, 5.74) is 4.92. The van der Waals surface area contributed by atoms with Crippen LogP contribution >= 0.6 is 0 Å². The number of benzene rings is 1. The van der Waals surface area contributed by atoms with Crippen molar-refractivity contribution in [3.8, 4) is 0 Å². The number of rotatable bonds is 4. The van der Waals surface area contributed by atoms with E-state index in [1.807, 2.05) is 19.2 Å². The Bertz CT molecular complexity index is 503. The summed E-state index contributed by atoms with van der Waals surface area (Å²) >= 11 is 0. The predicted octanol–water partition coefficient (Wildman–Crippen LogP) is 3.55. The Hall–Kier alpha value is -1.67. The fourth-order valence-electron chi connectivity index (χ4n) is 1.93. The Morgan fingerprint density at radius 3 is 2.67 bits per heavy atom. The van der Waals surface area contributed by atoms with E-state index in [1.165, 1.54) is 16.7 Å². The summed E-state index contributed by atoms with van der Waals surface area (Å²) < 4.78 is 0. The quantitative estimate of drug-likeness (QED) is 0.884. The van der Waals surface area contributed by atoms with Crippen molar-refractivity contribution in [1.29, 1.82) is 0 Å². The first-order chi connectivity index (χ1) is 8.65. The van der Waals surface area contributed by atoms with Gasteiger partial charge in [-0.3, -0.25) is 4.98 Å². The fourth-order valence-corrected chi connectivity index (χ4v) is 1.93. The van der Waals surface area contributed by atoms with E-state index in [9.17, 15) is 0 Å². The zero-order chi connectivity index (χ0) is 13.0. The van der Waals surface area contributed by atoms with Gasteiger partial charge in [0.2, 0.25) is 0 Å². The molecule has 1 aromatic carbocycles. The minimum absolute atomic E-state index is 0.353. The Morgan fingerprint density at radius 1 is 1.17 bits per heavy atom. The van der Waals surface area contributed by atoms with Crippen molar-refractivity contribution < 1.29 is 0 Å². The molecule has 1 unspecified atom stereocenters. The van der Waals surface area contributed by atoms with Crippen molar-refractivity contribution in [3.63, 3.8) is 0 Å². The molecule has 18 heavy (non-hydrogen) atoms. The minimum Gasteiger partial charge on any atom is -0.306 e. The van der Waals surface area contributed by atoms with Crippen molar-refractivity contribution in [3.05, 3.63) is 65.0 Å². The molecule has 0 spiro atoms. The third-order valence-corrected chi connectivity index (χ3v) is 3.13. The van der Waals surface area contributed by atoms with Crippen LogP contribution < -0.4 is 5.32 Å². The normalized spacial score (nSPS) is 12.4. The smallest absolute Gasteiger partial charge is 0.0372 e. The van der Waals surface area contributed by atoms with Gasteiger partial charge in [-0.1, -0.05) is 35.9 Å². The van der Waals surface area contributed by atoms with E-state index in [0.717, 1.165) is 12.2 Å². The molecule has 0 radical (unpaired) electrons. The number of nitrogens with one attached hydrogen (secondary N) is 1. The van der Waals surface area contributed by atoms with Crippen molar-refractivity contribution >= 4 is 0 Å². The molecular weight excluding hydrogens is 220 g/mol. The SMILES string of the molecule is Cc1cccc(C(C)NCc2ccc(C)nc2)c1. The molecule has 0 bridgehead atoms. The standard InChI is InChI=1S/C16H20N2/c1-12-5-4-6-16(9-12)14(3)18-11-15-8-7-13(2)17-10-15/h4-10,14,18H,11H2,1-3H3. The van der Waals surface area contributed by atoms with Crippen LogP contribution in [0.25, 0.3) is 0 Å². The lowest BCUT2D eigenvalue weighted by molar-refractivity contribution is 0.573. The van der Waals surface area contributed by atoms with E-state index in [1.54, 1.807) is 0 Å². The number of nitrogens with zero attached hydrogens (tertiary/aromatic N) is 1. The second-order valence-corrected chi connectivity index (χ2v) is 4.82. The number of hydrogen-bond donors (Lipinski definition) is 1. The lowest BCUT2D eigenvalue weighted by Crippen LogP contribution is -2.18. The average Bonchev–Trinajstić information content (AvgIpc) is 2.38. The highest BCUT2D eigenvalue weighted by atomic mass is 14.9. The van der Waals surface area contributed by atoms with Gasteiger partial charge >= 0.3 is 0 Å². The van der Waals surface area contributed by atoms with Crippen molar-refractivity contribution in [2.75, 3.05) is 0 Å². The molecule has 0 amide bonds. The molecule has 94 valence electrons. The summed E-state index contributed by atoms with van der Waals surface area (Å²) in [6.45, 7) is 7.17. The van der Waals surface area contributed by atoms with E-state index in [2.05, 4.69) is 54.5 Å². The monoisotopic (exact) mass is 240 g/mol. The van der Waals surface area contributed by atoms with Crippen LogP contribution in [0.4, 0.5) is 0 Å². The molecule has 0 saturated heterocycles. The zero-order valence-corrected chi connectivity index (χ0v) is 11.3. The molecule has 1 N–H and O–H groups in total. The molecular formula is C16H20N2. The van der Waals surface area contributed by atoms with Gasteiger partial charge in [0.05, 0.1) is 0 Å². The molecule has 1 atom stereocenters. The largest absolute Gasteiger partial charge is 0.306 e. The maximum Gasteiger partial charge on any atom is 0.0372 e. The molecule has 1 heterocycles. The number of aromatic nitrogens is 1. The van der Waals surface area contributed by atoms with Crippen molar-refractivity contribution in [1.82, 2.24) is 10.3 Å². The van der Waals surface area contributed by atoms with Crippen LogP contribution in [0.1, 0.15) is 35.3 Å². The molecule has 0 aliphatic heterocycles. The summed E-state index contributed by atoms with van der Waals surface area (Å²) in [6, 6.07) is 13.2. The highest BCUT2D eigenvalue weighted by Crippen LogP contribution is 2.14. The van der Waals surface area contributed by atoms with E-state index in [-0.39, 0.29) is 0 Å². The molecule has 2 rings (SSSR count). The van der Waals surface area contributed by atoms with E-state index < -0.39 is 0 Å². The first-order valence-electron chi connectivity index (χ1n) is 6.36. The predicted molar refractivity (Wildman–Crippen MR) is 75.4 cm³/mol. The van der Waals surface area contributed by atoms with E-state index in [0.29, 0.717) is 6.04 Å². The molecule has 0 aliphatic carbocycles. The van der Waals surface area contributed by atoms with Crippen LogP contribution in [0.2, 0.25) is 0 Å². The van der Waals surface area contributed by atoms with Crippen molar-refractivity contribution in [2.45, 2.75) is 33.4 Å². The van der Waals surface area contributed by atoms with Crippen LogP contribution in [0.15, 0.2) is 42.6 Å². The highest BCUT2D eigenvalue weighted by molar-refractivity contribution is 5.24. The van der Waals surface area contributed by atoms with Gasteiger partial charge < -0.3 is 5.32 Å². The second-order valence-electron chi connectivity index (χ2n) is 4.82. The Labute approximate surface area is 109 Å². The van der Waals surface area contributed by atoms with Crippen molar-refractivity contribution in [2.24, 2.45) is 0 Å². The number of aryl methyl sites for hydroxylation is 2. The zero-order valence-electron chi connectivity index (χ0n) is 11.3. The molecule has 0 saturated carbocycles. The van der Waals surface area contributed by atoms with E-state index in [4.69, 9.17) is 0 Å². The minimum atomic E-state index is 0.353. The fraction of sp³-hybridized carbons (Fsp3) is 0.312. The maximum absolute atomic E-state index is 4.30. The molecule has 0 aliphatic rings. The van der Waals surface area contributed by atoms with Gasteiger partial charge in [0, 0.05) is 24.5 Å². The third kappa shape index (κ3) is 3.41. The van der Waals surface area contributed by atoms with Crippen LogP contribution in [0.3, 0.4) is 0 Å². The molecule has 2 nitrogen and oxygen atoms in total. The van der Waals surface area contributed by atoms with Gasteiger partial charge in [0.15, 0.2) is 0 Å². The second kappa shape index (κ2) is 5.78. The van der Waals surface area contributed by atoms with Gasteiger partial charge in [-0.05, 0) is 38.0 Å². The van der Waals surface area contributed by atoms with Gasteiger partial charge in [0.25, 0.3) is 0 Å². The Morgan fingerprint density at radius 2 is 2.00 bits per heavy atom. The lowest BCUT2D eigenvalue weighted by Gasteiger charge is -2.14. The topological polar surface area (TPSA) is 24.9 Å². The Balaban J connectivity index is 1.96. The lowest BCUT2D eigenvalue weighted by atomic mass is 10.1. The molecule has 1 aromatic heterocycles. The summed E-state index contributed by atoms with van der Waals surface area (Å²) in [4.78, 5) is 4.30. The van der Waals surface area contributed by atoms with E-state index >= 15 is 0 Å². The van der Waals surface area contributed by atoms with Crippen LogP contribution in [-0.2, 0) is 6.54 Å². The third-order valence-electron chi connectivity index (χ3n) is 3.13. The first-order valence-corrected chi connectivity index (χ1v) is 6.36. The summed E-state index contributed by atoms with van der Waals surface area (Å²) in [7, 11) is 0. The highest BCUT2D eigenvalue weighted by Gasteiger charge is 2.04. The molecule has 2 heteroatoms. The summed E-state index contributed by atoms with van der Waals surface area (Å²) in [5.74, 6) is 0. The first kappa shape index (κ1) is 12.8. The molecule has 2 aromatic rings. The summed E-state index contributed by atoms with van der Waals surface area (Å²) in [5, 5.41) is 3.52. The number of hydrogen-bond acceptors (Lipinski definition) is 2. The van der Waals surface area contributed by atoms with Gasteiger partial charge in [0.1, 0.15) is 0 Å². The molecule has 0 fully saturated rings.